The number of hydrogen-bond acceptors (Lipinski definition) is 2. The van der Waals surface area contributed by atoms with Crippen molar-refractivity contribution in [2.75, 3.05) is 7.05 Å². The highest BCUT2D eigenvalue weighted by Gasteiger charge is 2.41. The van der Waals surface area contributed by atoms with Crippen molar-refractivity contribution in [1.82, 2.24) is 5.32 Å². The first-order valence-corrected chi connectivity index (χ1v) is 7.24. The van der Waals surface area contributed by atoms with Crippen LogP contribution in [0.3, 0.4) is 0 Å². The average molecular weight is 231 g/mol. The molecule has 0 heterocycles. The highest BCUT2D eigenvalue weighted by Crippen LogP contribution is 2.38. The van der Waals surface area contributed by atoms with Gasteiger partial charge in [-0.05, 0) is 25.3 Å². The Hall–Kier alpha value is 0.110. The van der Waals surface area contributed by atoms with E-state index in [0.29, 0.717) is 11.3 Å². The van der Waals surface area contributed by atoms with E-state index >= 15 is 0 Å². The van der Waals surface area contributed by atoms with Gasteiger partial charge in [0.15, 0.2) is 0 Å². The summed E-state index contributed by atoms with van der Waals surface area (Å²) < 4.78 is 12.2. The number of rotatable bonds is 3. The molecule has 1 aliphatic carbocycles. The van der Waals surface area contributed by atoms with E-state index in [1.807, 2.05) is 7.05 Å². The Morgan fingerprint density at radius 1 is 1.40 bits per heavy atom. The molecule has 1 fully saturated rings. The van der Waals surface area contributed by atoms with Gasteiger partial charge in [-0.3, -0.25) is 4.21 Å². The molecule has 0 aliphatic heterocycles. The Balaban J connectivity index is 2.83. The first-order valence-electron chi connectivity index (χ1n) is 5.97. The van der Waals surface area contributed by atoms with Crippen LogP contribution in [-0.2, 0) is 10.8 Å². The summed E-state index contributed by atoms with van der Waals surface area (Å²) in [6, 6.07) is 0.398. The minimum atomic E-state index is -0.697. The zero-order valence-electron chi connectivity index (χ0n) is 10.7. The lowest BCUT2D eigenvalue weighted by Crippen LogP contribution is -2.53. The molecule has 0 spiro atoms. The van der Waals surface area contributed by atoms with Gasteiger partial charge >= 0.3 is 0 Å². The van der Waals surface area contributed by atoms with Gasteiger partial charge in [0.25, 0.3) is 0 Å². The van der Waals surface area contributed by atoms with Crippen LogP contribution in [0.4, 0.5) is 0 Å². The molecule has 90 valence electrons. The fourth-order valence-electron chi connectivity index (χ4n) is 2.76. The van der Waals surface area contributed by atoms with Crippen LogP contribution in [0.1, 0.15) is 47.0 Å². The zero-order valence-corrected chi connectivity index (χ0v) is 11.5. The molecular formula is C12H25NOS. The van der Waals surface area contributed by atoms with Gasteiger partial charge in [-0.2, -0.15) is 0 Å². The SMILES string of the molecule is CNC1C(S(=O)C(C)C)CCCC1(C)C. The number of nitrogens with one attached hydrogen (secondary N) is 1. The summed E-state index contributed by atoms with van der Waals surface area (Å²) in [6.07, 6.45) is 3.57. The molecule has 15 heavy (non-hydrogen) atoms. The molecule has 0 aromatic rings. The van der Waals surface area contributed by atoms with E-state index < -0.39 is 10.8 Å². The summed E-state index contributed by atoms with van der Waals surface area (Å²) in [4.78, 5) is 0. The minimum Gasteiger partial charge on any atom is -0.315 e. The van der Waals surface area contributed by atoms with Crippen molar-refractivity contribution >= 4 is 10.8 Å². The molecule has 1 aliphatic rings. The normalized spacial score (nSPS) is 32.9. The maximum atomic E-state index is 12.2. The topological polar surface area (TPSA) is 29.1 Å². The largest absolute Gasteiger partial charge is 0.315 e. The zero-order chi connectivity index (χ0) is 11.6. The maximum absolute atomic E-state index is 12.2. The molecule has 0 bridgehead atoms. The van der Waals surface area contributed by atoms with Crippen LogP contribution in [-0.4, -0.2) is 27.8 Å². The first kappa shape index (κ1) is 13.2. The van der Waals surface area contributed by atoms with E-state index in [-0.39, 0.29) is 10.7 Å². The van der Waals surface area contributed by atoms with Crippen molar-refractivity contribution in [2.45, 2.75) is 63.5 Å². The van der Waals surface area contributed by atoms with Gasteiger partial charge in [-0.15, -0.1) is 0 Å². The van der Waals surface area contributed by atoms with Gasteiger partial charge in [0.1, 0.15) is 0 Å². The quantitative estimate of drug-likeness (QED) is 0.807. The Bertz CT molecular complexity index is 238. The van der Waals surface area contributed by atoms with E-state index in [4.69, 9.17) is 0 Å². The molecule has 2 nitrogen and oxygen atoms in total. The summed E-state index contributed by atoms with van der Waals surface area (Å²) in [6.45, 7) is 8.70. The maximum Gasteiger partial charge on any atom is 0.0508 e. The van der Waals surface area contributed by atoms with Gasteiger partial charge in [0, 0.05) is 22.1 Å². The van der Waals surface area contributed by atoms with Gasteiger partial charge in [-0.25, -0.2) is 0 Å². The lowest BCUT2D eigenvalue weighted by molar-refractivity contribution is 0.180. The monoisotopic (exact) mass is 231 g/mol. The molecule has 1 rings (SSSR count). The molecule has 3 unspecified atom stereocenters. The molecule has 0 aromatic heterocycles. The van der Waals surface area contributed by atoms with Crippen LogP contribution in [0.5, 0.6) is 0 Å². The third-order valence-corrected chi connectivity index (χ3v) is 5.63. The van der Waals surface area contributed by atoms with Crippen LogP contribution >= 0.6 is 0 Å². The molecule has 0 aromatic carbocycles. The van der Waals surface area contributed by atoms with E-state index in [9.17, 15) is 4.21 Å². The Morgan fingerprint density at radius 3 is 2.47 bits per heavy atom. The number of hydrogen-bond donors (Lipinski definition) is 1. The van der Waals surface area contributed by atoms with Crippen molar-refractivity contribution in [3.8, 4) is 0 Å². The third-order valence-electron chi connectivity index (χ3n) is 3.60. The molecule has 1 saturated carbocycles. The minimum absolute atomic E-state index is 0.278. The summed E-state index contributed by atoms with van der Waals surface area (Å²) in [7, 11) is 1.31. The molecule has 0 saturated heterocycles. The van der Waals surface area contributed by atoms with Crippen molar-refractivity contribution in [3.05, 3.63) is 0 Å². The highest BCUT2D eigenvalue weighted by molar-refractivity contribution is 7.86. The van der Waals surface area contributed by atoms with Crippen LogP contribution in [0, 0.1) is 5.41 Å². The van der Waals surface area contributed by atoms with Gasteiger partial charge < -0.3 is 5.32 Å². The van der Waals surface area contributed by atoms with Crippen LogP contribution < -0.4 is 5.32 Å². The lowest BCUT2D eigenvalue weighted by Gasteiger charge is -2.44. The van der Waals surface area contributed by atoms with Gasteiger partial charge in [0.2, 0.25) is 0 Å². The molecule has 0 amide bonds. The fourth-order valence-corrected chi connectivity index (χ4v) is 4.63. The van der Waals surface area contributed by atoms with Crippen molar-refractivity contribution < 1.29 is 4.21 Å². The third kappa shape index (κ3) is 2.82. The van der Waals surface area contributed by atoms with Crippen molar-refractivity contribution in [3.63, 3.8) is 0 Å². The second-order valence-electron chi connectivity index (χ2n) is 5.56. The van der Waals surface area contributed by atoms with Gasteiger partial charge in [0.05, 0.1) is 5.25 Å². The first-order chi connectivity index (χ1) is 6.90. The molecule has 0 radical (unpaired) electrons. The van der Waals surface area contributed by atoms with E-state index in [1.54, 1.807) is 0 Å². The molecule has 3 atom stereocenters. The van der Waals surface area contributed by atoms with Crippen LogP contribution in [0.2, 0.25) is 0 Å². The Labute approximate surface area is 96.7 Å². The van der Waals surface area contributed by atoms with E-state index in [1.165, 1.54) is 12.8 Å². The predicted octanol–water partition coefficient (Wildman–Crippen LogP) is 2.31. The second kappa shape index (κ2) is 4.96. The molecule has 1 N–H and O–H groups in total. The van der Waals surface area contributed by atoms with Gasteiger partial charge in [-0.1, -0.05) is 34.1 Å². The van der Waals surface area contributed by atoms with Crippen LogP contribution in [0.25, 0.3) is 0 Å². The summed E-state index contributed by atoms with van der Waals surface area (Å²) in [5, 5.41) is 4.00. The predicted molar refractivity (Wildman–Crippen MR) is 67.5 cm³/mol. The summed E-state index contributed by atoms with van der Waals surface area (Å²) >= 11 is 0. The second-order valence-corrected chi connectivity index (χ2v) is 7.77. The molecule has 3 heteroatoms. The van der Waals surface area contributed by atoms with Crippen LogP contribution in [0.15, 0.2) is 0 Å². The fraction of sp³-hybridized carbons (Fsp3) is 1.00. The van der Waals surface area contributed by atoms with E-state index in [0.717, 1.165) is 6.42 Å². The molecular weight excluding hydrogens is 206 g/mol. The standard InChI is InChI=1S/C12H25NOS/c1-9(2)15(14)10-7-6-8-12(3,4)11(10)13-5/h9-11,13H,6-8H2,1-5H3. The smallest absolute Gasteiger partial charge is 0.0508 e. The van der Waals surface area contributed by atoms with E-state index in [2.05, 4.69) is 33.0 Å². The van der Waals surface area contributed by atoms with Crippen molar-refractivity contribution in [2.24, 2.45) is 5.41 Å². The Kier molecular flexibility index (Phi) is 4.36. The Morgan fingerprint density at radius 2 is 2.00 bits per heavy atom. The lowest BCUT2D eigenvalue weighted by atomic mass is 9.73. The average Bonchev–Trinajstić information content (AvgIpc) is 2.14. The summed E-state index contributed by atoms with van der Waals surface area (Å²) in [5.74, 6) is 0. The van der Waals surface area contributed by atoms with Crippen molar-refractivity contribution in [1.29, 1.82) is 0 Å². The summed E-state index contributed by atoms with van der Waals surface area (Å²) in [5.41, 5.74) is 0.280. The highest BCUT2D eigenvalue weighted by atomic mass is 32.2.